The zero-order valence-electron chi connectivity index (χ0n) is 36.3. The molecule has 1 aromatic heterocycles. The first kappa shape index (κ1) is 45.6. The van der Waals surface area contributed by atoms with Crippen LogP contribution in [0.15, 0.2) is 83.7 Å². The number of nitrogens with zero attached hydrogens (tertiary/aromatic N) is 4. The van der Waals surface area contributed by atoms with Crippen molar-refractivity contribution in [1.82, 2.24) is 29.6 Å². The van der Waals surface area contributed by atoms with E-state index in [-0.39, 0.29) is 73.9 Å². The van der Waals surface area contributed by atoms with Gasteiger partial charge in [-0.25, -0.2) is 4.79 Å². The molecular formula is C48H58N8O8. The molecule has 0 radical (unpaired) electrons. The third kappa shape index (κ3) is 10.3. The van der Waals surface area contributed by atoms with Gasteiger partial charge in [0.25, 0.3) is 0 Å². The Bertz CT molecular complexity index is 2410. The maximum Gasteiger partial charge on any atom is 0.329 e. The summed E-state index contributed by atoms with van der Waals surface area (Å²) >= 11 is 0. The lowest BCUT2D eigenvalue weighted by Crippen LogP contribution is -2.60. The molecule has 16 nitrogen and oxygen atoms in total. The van der Waals surface area contributed by atoms with Crippen molar-refractivity contribution in [3.63, 3.8) is 0 Å². The fourth-order valence-electron chi connectivity index (χ4n) is 9.63. The number of ketones is 1. The molecule has 4 heterocycles. The zero-order chi connectivity index (χ0) is 45.5. The van der Waals surface area contributed by atoms with Crippen LogP contribution < -0.4 is 27.8 Å². The van der Waals surface area contributed by atoms with Crippen LogP contribution >= 0.6 is 0 Å². The fourth-order valence-corrected chi connectivity index (χ4v) is 9.63. The number of aromatic nitrogens is 2. The van der Waals surface area contributed by atoms with E-state index in [2.05, 4.69) is 10.6 Å². The Morgan fingerprint density at radius 3 is 2.20 bits per heavy atom. The smallest absolute Gasteiger partial charge is 0.329 e. The summed E-state index contributed by atoms with van der Waals surface area (Å²) < 4.78 is 2.98. The van der Waals surface area contributed by atoms with Gasteiger partial charge in [-0.3, -0.25) is 48.0 Å². The maximum absolute atomic E-state index is 14.0. The number of nitrogens with two attached hydrogens (primary N) is 2. The number of imidazole rings is 1. The minimum absolute atomic E-state index is 0.0204. The molecule has 0 saturated carbocycles. The van der Waals surface area contributed by atoms with Gasteiger partial charge >= 0.3 is 5.69 Å². The molecule has 3 aliphatic heterocycles. The molecular weight excluding hydrogens is 817 g/mol. The van der Waals surface area contributed by atoms with E-state index in [0.29, 0.717) is 49.7 Å². The molecule has 7 rings (SSSR count). The lowest BCUT2D eigenvalue weighted by atomic mass is 9.85. The SMILES string of the molecule is Cn1c(=O)n(C2CCC(=O)NC2=O)c2ccc(CCCCCC(=O)N3CC[C@H]4CC[C@@H](C(=O)N[C@@H](CCC(N)=O)C(=O)CC(c5ccccc5)c5ccccc5)N4C(=O)[C@@H](N)C3)cc21. The zero-order valence-corrected chi connectivity index (χ0v) is 36.3. The van der Waals surface area contributed by atoms with E-state index in [0.717, 1.165) is 36.0 Å². The molecule has 64 heavy (non-hydrogen) atoms. The fraction of sp³-hybridized carbons (Fsp3) is 0.458. The molecule has 0 spiro atoms. The molecule has 0 aliphatic carbocycles. The Morgan fingerprint density at radius 1 is 0.828 bits per heavy atom. The highest BCUT2D eigenvalue weighted by Gasteiger charge is 2.45. The van der Waals surface area contributed by atoms with Crippen molar-refractivity contribution in [2.24, 2.45) is 18.5 Å². The predicted octanol–water partition coefficient (Wildman–Crippen LogP) is 2.88. The van der Waals surface area contributed by atoms with E-state index in [1.54, 1.807) is 16.8 Å². The summed E-state index contributed by atoms with van der Waals surface area (Å²) in [5, 5.41) is 5.22. The third-order valence-corrected chi connectivity index (χ3v) is 13.1. The first-order valence-electron chi connectivity index (χ1n) is 22.4. The highest BCUT2D eigenvalue weighted by Crippen LogP contribution is 2.32. The molecule has 3 aromatic carbocycles. The molecule has 6 amide bonds. The third-order valence-electron chi connectivity index (χ3n) is 13.1. The van der Waals surface area contributed by atoms with Gasteiger partial charge in [0.1, 0.15) is 18.1 Å². The molecule has 16 heteroatoms. The number of rotatable bonds is 17. The molecule has 3 saturated heterocycles. The number of nitrogens with one attached hydrogen (secondary N) is 2. The van der Waals surface area contributed by atoms with Crippen LogP contribution in [0.2, 0.25) is 0 Å². The molecule has 0 bridgehead atoms. The standard InChI is InChI=1S/C48H58N8O8/c1-53-40-27-30(17-20-37(40)56(48(53)64)39-22-24-43(59)52-46(39)62)11-5-2-10-16-44(60)54-26-25-33-18-21-38(55(33)47(63)35(49)29-54)45(61)51-36(19-23-42(50)58)41(57)28-34(31-12-6-3-7-13-31)32-14-8-4-9-15-32/h3-4,6-9,12-15,17,20,27,33-36,38-39H,2,5,10-11,16,18-19,21-26,28-29,49H2,1H3,(H2,50,58)(H,51,61)(H,52,59,62)/t33-,35+,36+,38+,39?/m1/s1. The number of carbonyl (C=O) groups excluding carboxylic acids is 7. The van der Waals surface area contributed by atoms with E-state index in [4.69, 9.17) is 11.5 Å². The van der Waals surface area contributed by atoms with Crippen molar-refractivity contribution in [3.8, 4) is 0 Å². The van der Waals surface area contributed by atoms with Crippen LogP contribution in [-0.2, 0) is 47.0 Å². The average Bonchev–Trinajstić information content (AvgIpc) is 3.82. The van der Waals surface area contributed by atoms with Crippen molar-refractivity contribution >= 4 is 52.3 Å². The molecule has 3 fully saturated rings. The van der Waals surface area contributed by atoms with Crippen molar-refractivity contribution in [3.05, 3.63) is 106 Å². The number of hydrogen-bond donors (Lipinski definition) is 4. The maximum atomic E-state index is 14.0. The number of primary amides is 1. The van der Waals surface area contributed by atoms with E-state index in [1.807, 2.05) is 78.9 Å². The van der Waals surface area contributed by atoms with E-state index in [9.17, 15) is 38.4 Å². The summed E-state index contributed by atoms with van der Waals surface area (Å²) in [7, 11) is 1.66. The van der Waals surface area contributed by atoms with Gasteiger partial charge in [0, 0.05) is 57.8 Å². The van der Waals surface area contributed by atoms with Gasteiger partial charge in [-0.05, 0) is 80.2 Å². The normalized spacial score (nSPS) is 20.7. The summed E-state index contributed by atoms with van der Waals surface area (Å²) in [5.41, 5.74) is 15.9. The van der Waals surface area contributed by atoms with Crippen LogP contribution in [0.25, 0.3) is 11.0 Å². The van der Waals surface area contributed by atoms with Crippen molar-refractivity contribution in [2.75, 3.05) is 13.1 Å². The lowest BCUT2D eigenvalue weighted by molar-refractivity contribution is -0.145. The largest absolute Gasteiger partial charge is 0.370 e. The lowest BCUT2D eigenvalue weighted by Gasteiger charge is -2.37. The number of aryl methyl sites for hydroxylation is 2. The number of hydrogen-bond acceptors (Lipinski definition) is 9. The van der Waals surface area contributed by atoms with Crippen LogP contribution in [0.3, 0.4) is 0 Å². The van der Waals surface area contributed by atoms with Gasteiger partial charge in [-0.1, -0.05) is 73.2 Å². The van der Waals surface area contributed by atoms with E-state index >= 15 is 0 Å². The molecule has 6 N–H and O–H groups in total. The number of piperidine rings is 1. The molecule has 5 atom stereocenters. The Kier molecular flexibility index (Phi) is 14.5. The van der Waals surface area contributed by atoms with Gasteiger partial charge in [0.05, 0.1) is 17.1 Å². The minimum atomic E-state index is -1.04. The molecule has 1 unspecified atom stereocenters. The number of unbranched alkanes of at least 4 members (excludes halogenated alkanes) is 2. The number of amides is 6. The first-order chi connectivity index (χ1) is 30.8. The average molecular weight is 875 g/mol. The highest BCUT2D eigenvalue weighted by atomic mass is 16.2. The van der Waals surface area contributed by atoms with Crippen molar-refractivity contribution < 1.29 is 33.6 Å². The van der Waals surface area contributed by atoms with E-state index < -0.39 is 47.8 Å². The summed E-state index contributed by atoms with van der Waals surface area (Å²) in [4.78, 5) is 108. The topological polar surface area (TPSA) is 229 Å². The van der Waals surface area contributed by atoms with Gasteiger partial charge in [-0.2, -0.15) is 0 Å². The Hall–Kier alpha value is -6.42. The Morgan fingerprint density at radius 2 is 1.53 bits per heavy atom. The summed E-state index contributed by atoms with van der Waals surface area (Å²) in [5.74, 6) is -2.93. The molecule has 3 aliphatic rings. The van der Waals surface area contributed by atoms with Crippen LogP contribution in [0.5, 0.6) is 0 Å². The number of fused-ring (bicyclic) bond motifs is 2. The Balaban J connectivity index is 0.917. The van der Waals surface area contributed by atoms with Gasteiger partial charge in [0.15, 0.2) is 5.78 Å². The monoisotopic (exact) mass is 874 g/mol. The van der Waals surface area contributed by atoms with Crippen LogP contribution in [-0.4, -0.2) is 97.4 Å². The Labute approximate surface area is 371 Å². The van der Waals surface area contributed by atoms with Gasteiger partial charge in [0.2, 0.25) is 35.4 Å². The summed E-state index contributed by atoms with van der Waals surface area (Å²) in [6.45, 7) is 0.402. The minimum Gasteiger partial charge on any atom is -0.370 e. The summed E-state index contributed by atoms with van der Waals surface area (Å²) in [6, 6.07) is 21.0. The second-order valence-corrected chi connectivity index (χ2v) is 17.4. The van der Waals surface area contributed by atoms with Crippen LogP contribution in [0.1, 0.15) is 106 Å². The number of Topliss-reactive ketones (excluding diaryl/α,β-unsaturated/α-hetero) is 1. The molecule has 4 aromatic rings. The summed E-state index contributed by atoms with van der Waals surface area (Å²) in [6.07, 6.45) is 5.03. The number of carbonyl (C=O) groups is 7. The van der Waals surface area contributed by atoms with Crippen LogP contribution in [0, 0.1) is 0 Å². The predicted molar refractivity (Wildman–Crippen MR) is 238 cm³/mol. The van der Waals surface area contributed by atoms with Crippen molar-refractivity contribution in [1.29, 1.82) is 0 Å². The number of imide groups is 1. The first-order valence-corrected chi connectivity index (χ1v) is 22.4. The highest BCUT2D eigenvalue weighted by molar-refractivity contribution is 6.00. The quantitative estimate of drug-likeness (QED) is 0.0902. The molecule has 338 valence electrons. The second-order valence-electron chi connectivity index (χ2n) is 17.4. The van der Waals surface area contributed by atoms with E-state index in [1.165, 1.54) is 9.13 Å². The van der Waals surface area contributed by atoms with Gasteiger partial charge < -0.3 is 26.6 Å². The number of benzene rings is 3. The van der Waals surface area contributed by atoms with Gasteiger partial charge in [-0.15, -0.1) is 0 Å². The van der Waals surface area contributed by atoms with Crippen LogP contribution in [0.4, 0.5) is 0 Å². The second kappa shape index (κ2) is 20.4. The van der Waals surface area contributed by atoms with Crippen molar-refractivity contribution in [2.45, 2.75) is 120 Å².